The van der Waals surface area contributed by atoms with Crippen molar-refractivity contribution in [1.82, 2.24) is 14.5 Å². The number of fused-ring (bicyclic) bond motifs is 1. The van der Waals surface area contributed by atoms with Crippen LogP contribution in [0.3, 0.4) is 0 Å². The molecule has 1 saturated carbocycles. The lowest BCUT2D eigenvalue weighted by atomic mass is 9.92. The van der Waals surface area contributed by atoms with Crippen LogP contribution in [0.5, 0.6) is 0 Å². The van der Waals surface area contributed by atoms with Gasteiger partial charge in [0, 0.05) is 29.3 Å². The molecule has 1 amide bonds. The number of nitrogens with two attached hydrogens (primary N) is 1. The van der Waals surface area contributed by atoms with Crippen molar-refractivity contribution in [2.45, 2.75) is 37.8 Å². The second-order valence-electron chi connectivity index (χ2n) is 8.38. The van der Waals surface area contributed by atoms with Crippen molar-refractivity contribution in [3.63, 3.8) is 0 Å². The summed E-state index contributed by atoms with van der Waals surface area (Å²) in [6.45, 7) is 0. The van der Waals surface area contributed by atoms with E-state index in [9.17, 15) is 9.90 Å². The third-order valence-corrected chi connectivity index (χ3v) is 6.12. The van der Waals surface area contributed by atoms with E-state index in [0.29, 0.717) is 11.3 Å². The highest BCUT2D eigenvalue weighted by atomic mass is 16.3. The number of aromatic nitrogens is 3. The summed E-state index contributed by atoms with van der Waals surface area (Å²) in [7, 11) is 0. The number of nitrogens with one attached hydrogen (secondary N) is 2. The second kappa shape index (κ2) is 8.91. The summed E-state index contributed by atoms with van der Waals surface area (Å²) in [5.41, 5.74) is 9.34. The Bertz CT molecular complexity index is 1280. The van der Waals surface area contributed by atoms with E-state index in [-0.39, 0.29) is 12.1 Å². The van der Waals surface area contributed by atoms with Crippen LogP contribution >= 0.6 is 0 Å². The Hall–Kier alpha value is -3.91. The lowest BCUT2D eigenvalue weighted by Crippen LogP contribution is -2.29. The molecule has 1 aliphatic carbocycles. The van der Waals surface area contributed by atoms with Crippen molar-refractivity contribution in [2.24, 2.45) is 5.73 Å². The molecule has 1 fully saturated rings. The average molecular weight is 443 g/mol. The van der Waals surface area contributed by atoms with Crippen LogP contribution in [0.1, 0.15) is 36.0 Å². The molecule has 2 aromatic heterocycles. The van der Waals surface area contributed by atoms with Crippen LogP contribution in [-0.2, 0) is 0 Å². The summed E-state index contributed by atoms with van der Waals surface area (Å²) < 4.78 is 1.97. The molecule has 0 radical (unpaired) electrons. The predicted octanol–water partition coefficient (Wildman–Crippen LogP) is 3.98. The number of para-hydroxylation sites is 1. The lowest BCUT2D eigenvalue weighted by Gasteiger charge is -2.28. The average Bonchev–Trinajstić information content (AvgIpc) is 3.26. The van der Waals surface area contributed by atoms with Crippen molar-refractivity contribution >= 4 is 34.1 Å². The molecule has 1 aliphatic rings. The number of rotatable bonds is 6. The zero-order valence-electron chi connectivity index (χ0n) is 18.1. The van der Waals surface area contributed by atoms with E-state index in [0.717, 1.165) is 53.9 Å². The Morgan fingerprint density at radius 1 is 1.03 bits per heavy atom. The number of anilines is 3. The topological polar surface area (TPSA) is 118 Å². The van der Waals surface area contributed by atoms with E-state index in [1.54, 1.807) is 6.07 Å². The van der Waals surface area contributed by atoms with Crippen molar-refractivity contribution in [3.8, 4) is 5.69 Å². The van der Waals surface area contributed by atoms with Gasteiger partial charge < -0.3 is 26.0 Å². The molecular formula is C25H26N6O2. The normalized spacial score (nSPS) is 18.2. The molecule has 4 aromatic rings. The van der Waals surface area contributed by atoms with Gasteiger partial charge in [-0.05, 0) is 62.1 Å². The molecule has 0 saturated heterocycles. The number of amides is 1. The molecule has 33 heavy (non-hydrogen) atoms. The third-order valence-electron chi connectivity index (χ3n) is 6.12. The zero-order chi connectivity index (χ0) is 22.8. The van der Waals surface area contributed by atoms with Crippen LogP contribution in [0.2, 0.25) is 0 Å². The molecule has 8 nitrogen and oxygen atoms in total. The Balaban J connectivity index is 1.49. The summed E-state index contributed by atoms with van der Waals surface area (Å²) in [5.74, 6) is 0.242. The van der Waals surface area contributed by atoms with Gasteiger partial charge in [-0.15, -0.1) is 0 Å². The monoisotopic (exact) mass is 442 g/mol. The highest BCUT2D eigenvalue weighted by Gasteiger charge is 2.21. The zero-order valence-corrected chi connectivity index (χ0v) is 18.1. The van der Waals surface area contributed by atoms with Gasteiger partial charge in [-0.1, -0.05) is 18.2 Å². The molecule has 5 rings (SSSR count). The van der Waals surface area contributed by atoms with Gasteiger partial charge in [-0.2, -0.15) is 0 Å². The highest BCUT2D eigenvalue weighted by Crippen LogP contribution is 2.29. The molecule has 5 N–H and O–H groups in total. The van der Waals surface area contributed by atoms with Crippen LogP contribution in [0.25, 0.3) is 16.7 Å². The van der Waals surface area contributed by atoms with Gasteiger partial charge in [-0.3, -0.25) is 4.79 Å². The number of hydrogen-bond acceptors (Lipinski definition) is 6. The first-order chi connectivity index (χ1) is 16.1. The van der Waals surface area contributed by atoms with Gasteiger partial charge in [0.1, 0.15) is 17.8 Å². The van der Waals surface area contributed by atoms with E-state index in [1.807, 2.05) is 59.3 Å². The fourth-order valence-electron chi connectivity index (χ4n) is 4.37. The molecule has 2 heterocycles. The molecule has 0 unspecified atom stereocenters. The molecule has 8 heteroatoms. The first-order valence-electron chi connectivity index (χ1n) is 11.1. The maximum absolute atomic E-state index is 12.1. The van der Waals surface area contributed by atoms with Crippen molar-refractivity contribution < 1.29 is 9.90 Å². The summed E-state index contributed by atoms with van der Waals surface area (Å²) in [5, 5.41) is 17.5. The van der Waals surface area contributed by atoms with Gasteiger partial charge in [0.25, 0.3) is 5.91 Å². The number of carbonyl (C=O) groups excluding carboxylic acids is 1. The van der Waals surface area contributed by atoms with Crippen LogP contribution in [0.15, 0.2) is 67.1 Å². The Morgan fingerprint density at radius 2 is 1.82 bits per heavy atom. The van der Waals surface area contributed by atoms with Crippen molar-refractivity contribution in [3.05, 3.63) is 72.7 Å². The highest BCUT2D eigenvalue weighted by molar-refractivity contribution is 5.99. The number of carbonyl (C=O) groups is 1. The minimum atomic E-state index is -0.478. The van der Waals surface area contributed by atoms with E-state index < -0.39 is 5.91 Å². The van der Waals surface area contributed by atoms with Crippen LogP contribution < -0.4 is 16.4 Å². The van der Waals surface area contributed by atoms with Gasteiger partial charge in [-0.25, -0.2) is 9.97 Å². The van der Waals surface area contributed by atoms with Crippen LogP contribution in [-0.4, -0.2) is 37.7 Å². The number of primary amides is 1. The Kier molecular flexibility index (Phi) is 5.66. The first kappa shape index (κ1) is 21.0. The quantitative estimate of drug-likeness (QED) is 0.359. The van der Waals surface area contributed by atoms with E-state index in [2.05, 4.69) is 20.6 Å². The SMILES string of the molecule is NC(=O)c1ccc(-n2ccc3c(Nc4ccccc4)ncnc32)cc1NC1CCC(O)CC1. The van der Waals surface area contributed by atoms with Gasteiger partial charge in [0.05, 0.1) is 17.1 Å². The van der Waals surface area contributed by atoms with Gasteiger partial charge >= 0.3 is 0 Å². The smallest absolute Gasteiger partial charge is 0.250 e. The number of aliphatic hydroxyl groups is 1. The molecule has 0 atom stereocenters. The minimum absolute atomic E-state index is 0.187. The van der Waals surface area contributed by atoms with Crippen LogP contribution in [0.4, 0.5) is 17.2 Å². The number of hydrogen-bond donors (Lipinski definition) is 4. The predicted molar refractivity (Wildman–Crippen MR) is 129 cm³/mol. The summed E-state index contributed by atoms with van der Waals surface area (Å²) in [6.07, 6.45) is 6.42. The summed E-state index contributed by atoms with van der Waals surface area (Å²) >= 11 is 0. The Labute approximate surface area is 191 Å². The minimum Gasteiger partial charge on any atom is -0.393 e. The molecule has 168 valence electrons. The fraction of sp³-hybridized carbons (Fsp3) is 0.240. The maximum Gasteiger partial charge on any atom is 0.250 e. The maximum atomic E-state index is 12.1. The first-order valence-corrected chi connectivity index (χ1v) is 11.1. The molecule has 0 bridgehead atoms. The van der Waals surface area contributed by atoms with Gasteiger partial charge in [0.2, 0.25) is 0 Å². The fourth-order valence-corrected chi connectivity index (χ4v) is 4.37. The van der Waals surface area contributed by atoms with Crippen LogP contribution in [0, 0.1) is 0 Å². The summed E-state index contributed by atoms with van der Waals surface area (Å²) in [6, 6.07) is 17.6. The van der Waals surface area contributed by atoms with Gasteiger partial charge in [0.15, 0.2) is 0 Å². The molecule has 0 spiro atoms. The summed E-state index contributed by atoms with van der Waals surface area (Å²) in [4.78, 5) is 21.0. The standard InChI is InChI=1S/C25H26N6O2/c26-23(33)20-11-8-18(14-22(20)29-17-6-9-19(32)10-7-17)31-13-12-21-24(27-15-28-25(21)31)30-16-4-2-1-3-5-16/h1-5,8,11-15,17,19,29,32H,6-7,9-10H2,(H2,26,33)(H,27,28,30). The van der Waals surface area contributed by atoms with E-state index >= 15 is 0 Å². The van der Waals surface area contributed by atoms with E-state index in [4.69, 9.17) is 5.73 Å². The van der Waals surface area contributed by atoms with Crippen molar-refractivity contribution in [1.29, 1.82) is 0 Å². The molecular weight excluding hydrogens is 416 g/mol. The number of benzene rings is 2. The Morgan fingerprint density at radius 3 is 2.58 bits per heavy atom. The number of aliphatic hydroxyl groups excluding tert-OH is 1. The lowest BCUT2D eigenvalue weighted by molar-refractivity contribution is 0.100. The molecule has 2 aromatic carbocycles. The van der Waals surface area contributed by atoms with Crippen molar-refractivity contribution in [2.75, 3.05) is 10.6 Å². The third kappa shape index (κ3) is 4.38. The second-order valence-corrected chi connectivity index (χ2v) is 8.38. The molecule has 0 aliphatic heterocycles. The number of nitrogens with zero attached hydrogens (tertiary/aromatic N) is 3. The largest absolute Gasteiger partial charge is 0.393 e. The van der Waals surface area contributed by atoms with E-state index in [1.165, 1.54) is 6.33 Å².